The van der Waals surface area contributed by atoms with Crippen molar-refractivity contribution in [2.75, 3.05) is 26.4 Å². The number of aliphatic hydroxyl groups is 1. The minimum Gasteiger partial charge on any atom is -0.508 e. The molecular formula is C22H28N4O5. The molecule has 0 aliphatic carbocycles. The molecule has 3 aromatic rings. The van der Waals surface area contributed by atoms with Crippen molar-refractivity contribution in [3.63, 3.8) is 0 Å². The van der Waals surface area contributed by atoms with Crippen LogP contribution in [0, 0.1) is 0 Å². The summed E-state index contributed by atoms with van der Waals surface area (Å²) in [6.07, 6.45) is 4.73. The van der Waals surface area contributed by atoms with E-state index in [1.165, 1.54) is 0 Å². The lowest BCUT2D eigenvalue weighted by Crippen LogP contribution is -2.19. The molecule has 1 aromatic carbocycles. The maximum absolute atomic E-state index is 10.0. The quantitative estimate of drug-likeness (QED) is 0.500. The summed E-state index contributed by atoms with van der Waals surface area (Å²) in [6.45, 7) is 3.59. The van der Waals surface area contributed by atoms with Crippen LogP contribution in [0.4, 0.5) is 0 Å². The van der Waals surface area contributed by atoms with Gasteiger partial charge in [0.05, 0.1) is 23.9 Å². The number of aromatic hydroxyl groups is 1. The molecule has 31 heavy (non-hydrogen) atoms. The number of hydrogen-bond donors (Lipinski definition) is 2. The molecule has 0 saturated carbocycles. The number of benzene rings is 1. The molecule has 0 bridgehead atoms. The normalized spacial score (nSPS) is 17.7. The molecule has 2 aromatic heterocycles. The van der Waals surface area contributed by atoms with Gasteiger partial charge in [-0.3, -0.25) is 0 Å². The molecule has 1 aliphatic heterocycles. The van der Waals surface area contributed by atoms with E-state index in [1.54, 1.807) is 31.3 Å². The molecule has 9 nitrogen and oxygen atoms in total. The molecule has 1 aliphatic rings. The van der Waals surface area contributed by atoms with Crippen molar-refractivity contribution < 1.29 is 24.4 Å². The van der Waals surface area contributed by atoms with Crippen LogP contribution in [-0.2, 0) is 9.47 Å². The number of nitrogens with zero attached hydrogens (tertiary/aromatic N) is 4. The first-order valence-electron chi connectivity index (χ1n) is 10.7. The number of fused-ring (bicyclic) bond motifs is 1. The van der Waals surface area contributed by atoms with Crippen molar-refractivity contribution in [3.05, 3.63) is 30.5 Å². The van der Waals surface area contributed by atoms with Crippen molar-refractivity contribution >= 4 is 10.9 Å². The van der Waals surface area contributed by atoms with Crippen LogP contribution >= 0.6 is 0 Å². The Bertz CT molecular complexity index is 1000. The molecule has 1 saturated heterocycles. The number of aromatic nitrogens is 4. The summed E-state index contributed by atoms with van der Waals surface area (Å²) in [5.74, 6) is 0.165. The Kier molecular flexibility index (Phi) is 6.96. The minimum atomic E-state index is -0.381. The fourth-order valence-electron chi connectivity index (χ4n) is 3.54. The van der Waals surface area contributed by atoms with E-state index in [9.17, 15) is 10.2 Å². The summed E-state index contributed by atoms with van der Waals surface area (Å²) < 4.78 is 18.8. The molecule has 0 radical (unpaired) electrons. The highest BCUT2D eigenvalue weighted by atomic mass is 16.5. The van der Waals surface area contributed by atoms with Gasteiger partial charge < -0.3 is 24.4 Å². The Morgan fingerprint density at radius 2 is 2.13 bits per heavy atom. The molecule has 2 atom stereocenters. The molecule has 1 unspecified atom stereocenters. The van der Waals surface area contributed by atoms with Gasteiger partial charge >= 0.3 is 6.01 Å². The average Bonchev–Trinajstić information content (AvgIpc) is 3.15. The number of aliphatic hydroxyl groups excluding tert-OH is 1. The van der Waals surface area contributed by atoms with Gasteiger partial charge in [-0.15, -0.1) is 0 Å². The van der Waals surface area contributed by atoms with E-state index < -0.39 is 0 Å². The van der Waals surface area contributed by atoms with Gasteiger partial charge in [-0.25, -0.2) is 9.67 Å². The number of ether oxygens (including phenoxy) is 3. The fourth-order valence-corrected chi connectivity index (χ4v) is 3.54. The third kappa shape index (κ3) is 5.30. The Morgan fingerprint density at radius 3 is 2.94 bits per heavy atom. The van der Waals surface area contributed by atoms with Crippen LogP contribution in [0.1, 0.15) is 38.8 Å². The van der Waals surface area contributed by atoms with Gasteiger partial charge in [0.2, 0.25) is 0 Å². The largest absolute Gasteiger partial charge is 0.508 e. The second-order valence-corrected chi connectivity index (χ2v) is 7.64. The summed E-state index contributed by atoms with van der Waals surface area (Å²) >= 11 is 0. The molecule has 0 amide bonds. The monoisotopic (exact) mass is 428 g/mol. The van der Waals surface area contributed by atoms with Crippen LogP contribution in [0.15, 0.2) is 30.5 Å². The highest BCUT2D eigenvalue weighted by Gasteiger charge is 2.22. The molecule has 0 spiro atoms. The van der Waals surface area contributed by atoms with E-state index in [1.807, 2.05) is 10.7 Å². The first-order valence-corrected chi connectivity index (χ1v) is 10.7. The standard InChI is InChI=1S/C22H28N4O5/c1-15(27)8-11-29-12-13-31-22-23-9-7-18(24-22)21-17-14-16(28)5-6-19(17)26(25-21)20-4-2-3-10-30-20/h5-7,9,14-15,20,27-28H,2-4,8,10-13H2,1H3/t15-,20?/m1/s1. The lowest BCUT2D eigenvalue weighted by molar-refractivity contribution is -0.0365. The Balaban J connectivity index is 1.53. The third-order valence-electron chi connectivity index (χ3n) is 5.13. The molecule has 166 valence electrons. The Labute approximate surface area is 180 Å². The van der Waals surface area contributed by atoms with Gasteiger partial charge in [-0.2, -0.15) is 10.1 Å². The van der Waals surface area contributed by atoms with Crippen LogP contribution in [-0.4, -0.2) is 62.5 Å². The van der Waals surface area contributed by atoms with Gasteiger partial charge in [0.25, 0.3) is 0 Å². The SMILES string of the molecule is C[C@@H](O)CCOCCOc1nccc(-c2nn(C3CCCCO3)c3ccc(O)cc23)n1. The van der Waals surface area contributed by atoms with Crippen molar-refractivity contribution in [3.8, 4) is 23.1 Å². The second-order valence-electron chi connectivity index (χ2n) is 7.64. The maximum Gasteiger partial charge on any atom is 0.317 e. The van der Waals surface area contributed by atoms with Crippen molar-refractivity contribution in [2.45, 2.75) is 44.9 Å². The lowest BCUT2D eigenvalue weighted by Gasteiger charge is -2.23. The topological polar surface area (TPSA) is 112 Å². The molecular weight excluding hydrogens is 400 g/mol. The van der Waals surface area contributed by atoms with E-state index >= 15 is 0 Å². The predicted octanol–water partition coefficient (Wildman–Crippen LogP) is 3.06. The summed E-state index contributed by atoms with van der Waals surface area (Å²) in [4.78, 5) is 8.67. The zero-order valence-corrected chi connectivity index (χ0v) is 17.6. The van der Waals surface area contributed by atoms with E-state index in [4.69, 9.17) is 19.3 Å². The predicted molar refractivity (Wildman–Crippen MR) is 114 cm³/mol. The van der Waals surface area contributed by atoms with E-state index in [0.29, 0.717) is 44.2 Å². The van der Waals surface area contributed by atoms with Crippen LogP contribution in [0.25, 0.3) is 22.3 Å². The third-order valence-corrected chi connectivity index (χ3v) is 5.13. The average molecular weight is 428 g/mol. The van der Waals surface area contributed by atoms with Gasteiger partial charge in [-0.1, -0.05) is 0 Å². The number of hydrogen-bond acceptors (Lipinski definition) is 8. The Morgan fingerprint density at radius 1 is 1.23 bits per heavy atom. The molecule has 4 rings (SSSR count). The number of phenolic OH excluding ortho intramolecular Hbond substituents is 1. The molecule has 1 fully saturated rings. The van der Waals surface area contributed by atoms with E-state index in [2.05, 4.69) is 9.97 Å². The van der Waals surface area contributed by atoms with Crippen molar-refractivity contribution in [1.82, 2.24) is 19.7 Å². The smallest absolute Gasteiger partial charge is 0.317 e. The van der Waals surface area contributed by atoms with Crippen molar-refractivity contribution in [1.29, 1.82) is 0 Å². The number of rotatable bonds is 9. The first kappa shape index (κ1) is 21.5. The summed E-state index contributed by atoms with van der Waals surface area (Å²) in [6, 6.07) is 7.19. The first-order chi connectivity index (χ1) is 15.1. The van der Waals surface area contributed by atoms with Crippen molar-refractivity contribution in [2.24, 2.45) is 0 Å². The van der Waals surface area contributed by atoms with Gasteiger partial charge in [0, 0.05) is 24.8 Å². The minimum absolute atomic E-state index is 0.133. The van der Waals surface area contributed by atoms with Crippen LogP contribution in [0.2, 0.25) is 0 Å². The van der Waals surface area contributed by atoms with E-state index in [0.717, 1.165) is 30.2 Å². The summed E-state index contributed by atoms with van der Waals surface area (Å²) in [5.41, 5.74) is 2.12. The van der Waals surface area contributed by atoms with Gasteiger partial charge in [0.15, 0.2) is 6.23 Å². The summed E-state index contributed by atoms with van der Waals surface area (Å²) in [5, 5.41) is 24.9. The lowest BCUT2D eigenvalue weighted by atomic mass is 10.1. The Hall–Kier alpha value is -2.75. The van der Waals surface area contributed by atoms with Crippen LogP contribution < -0.4 is 4.74 Å². The van der Waals surface area contributed by atoms with Gasteiger partial charge in [0.1, 0.15) is 18.1 Å². The van der Waals surface area contributed by atoms with Crippen LogP contribution in [0.3, 0.4) is 0 Å². The highest BCUT2D eigenvalue weighted by molar-refractivity contribution is 5.93. The molecule has 3 heterocycles. The van der Waals surface area contributed by atoms with Crippen LogP contribution in [0.5, 0.6) is 11.8 Å². The zero-order chi connectivity index (χ0) is 21.6. The zero-order valence-electron chi connectivity index (χ0n) is 17.6. The van der Waals surface area contributed by atoms with Gasteiger partial charge in [-0.05, 0) is 56.9 Å². The maximum atomic E-state index is 10.0. The molecule has 2 N–H and O–H groups in total. The fraction of sp³-hybridized carbons (Fsp3) is 0.500. The number of phenols is 1. The van der Waals surface area contributed by atoms with E-state index in [-0.39, 0.29) is 24.1 Å². The highest BCUT2D eigenvalue weighted by Crippen LogP contribution is 2.34. The summed E-state index contributed by atoms with van der Waals surface area (Å²) in [7, 11) is 0. The second kappa shape index (κ2) is 10.0. The molecule has 9 heteroatoms.